The first-order valence-corrected chi connectivity index (χ1v) is 20.1. The van der Waals surface area contributed by atoms with Gasteiger partial charge in [0.2, 0.25) is 11.6 Å². The van der Waals surface area contributed by atoms with Crippen LogP contribution < -0.4 is 16.1 Å². The van der Waals surface area contributed by atoms with Gasteiger partial charge in [-0.2, -0.15) is 26.3 Å². The second kappa shape index (κ2) is 21.7. The Morgan fingerprint density at radius 2 is 1.18 bits per heavy atom. The molecule has 304 valence electrons. The van der Waals surface area contributed by atoms with Crippen molar-refractivity contribution in [3.63, 3.8) is 0 Å². The van der Waals surface area contributed by atoms with Crippen LogP contribution in [0.4, 0.5) is 38.0 Å². The predicted molar refractivity (Wildman–Crippen MR) is 212 cm³/mol. The second-order valence-corrected chi connectivity index (χ2v) is 15.0. The van der Waals surface area contributed by atoms with Gasteiger partial charge >= 0.3 is 19.5 Å². The van der Waals surface area contributed by atoms with E-state index in [2.05, 4.69) is 60.3 Å². The van der Waals surface area contributed by atoms with Gasteiger partial charge < -0.3 is 20.7 Å². The Balaban J connectivity index is 0.000000200. The van der Waals surface area contributed by atoms with Crippen LogP contribution in [0.1, 0.15) is 114 Å². The number of alkyl halides is 6. The minimum Gasteiger partial charge on any atom is -0.423 e. The fraction of sp³-hybridized carbons (Fsp3) is 0.500. The number of anilines is 2. The molecule has 8 nitrogen and oxygen atoms in total. The van der Waals surface area contributed by atoms with Crippen LogP contribution in [0, 0.1) is 0 Å². The van der Waals surface area contributed by atoms with Gasteiger partial charge in [-0.05, 0) is 89.4 Å². The molecular formula is C40H50BBrF6N6O2. The fourth-order valence-corrected chi connectivity index (χ4v) is 6.84. The Morgan fingerprint density at radius 3 is 1.70 bits per heavy atom. The summed E-state index contributed by atoms with van der Waals surface area (Å²) in [5.41, 5.74) is 4.41. The molecule has 56 heavy (non-hydrogen) atoms. The van der Waals surface area contributed by atoms with E-state index >= 15 is 0 Å². The molecule has 2 heterocycles. The van der Waals surface area contributed by atoms with Crippen LogP contribution in [0.15, 0.2) is 65.4 Å². The van der Waals surface area contributed by atoms with E-state index in [1.165, 1.54) is 17.3 Å². The highest BCUT2D eigenvalue weighted by Gasteiger charge is 2.36. The molecule has 0 spiro atoms. The molecule has 6 rings (SSSR count). The summed E-state index contributed by atoms with van der Waals surface area (Å²) >= 11 is 3.15. The molecule has 0 bridgehead atoms. The zero-order chi connectivity index (χ0) is 40.7. The van der Waals surface area contributed by atoms with Gasteiger partial charge in [0.25, 0.3) is 0 Å². The van der Waals surface area contributed by atoms with Crippen molar-refractivity contribution < 1.29 is 36.4 Å². The molecule has 2 saturated carbocycles. The molecule has 4 N–H and O–H groups in total. The Kier molecular flexibility index (Phi) is 17.4. The smallest absolute Gasteiger partial charge is 0.423 e. The Hall–Kier alpha value is -3.76. The first-order chi connectivity index (χ1) is 26.7. The van der Waals surface area contributed by atoms with Crippen LogP contribution in [-0.2, 0) is 25.2 Å². The number of hydrogen-bond donors (Lipinski definition) is 4. The summed E-state index contributed by atoms with van der Waals surface area (Å²) in [6, 6.07) is 15.8. The first kappa shape index (κ1) is 45.0. The van der Waals surface area contributed by atoms with Crippen molar-refractivity contribution in [2.45, 2.75) is 128 Å². The quantitative estimate of drug-likeness (QED) is 0.0823. The summed E-state index contributed by atoms with van der Waals surface area (Å²) in [6.07, 6.45) is 8.08. The van der Waals surface area contributed by atoms with Gasteiger partial charge in [-0.15, -0.1) is 0 Å². The maximum Gasteiger partial charge on any atom is 0.488 e. The van der Waals surface area contributed by atoms with E-state index < -0.39 is 31.1 Å². The van der Waals surface area contributed by atoms with Crippen molar-refractivity contribution in [2.75, 3.05) is 10.6 Å². The molecule has 2 aliphatic rings. The van der Waals surface area contributed by atoms with Crippen LogP contribution in [0.25, 0.3) is 11.1 Å². The van der Waals surface area contributed by atoms with Crippen molar-refractivity contribution in [2.24, 2.45) is 0 Å². The molecule has 0 atom stereocenters. The van der Waals surface area contributed by atoms with Crippen molar-refractivity contribution in [3.05, 3.63) is 88.2 Å². The van der Waals surface area contributed by atoms with Crippen LogP contribution in [-0.4, -0.2) is 49.2 Å². The van der Waals surface area contributed by atoms with Crippen molar-refractivity contribution >= 4 is 40.1 Å². The number of aryl methyl sites for hydroxylation is 2. The fourth-order valence-electron chi connectivity index (χ4n) is 6.54. The van der Waals surface area contributed by atoms with Crippen LogP contribution in [0.5, 0.6) is 0 Å². The lowest BCUT2D eigenvalue weighted by molar-refractivity contribution is -0.145. The van der Waals surface area contributed by atoms with E-state index in [1.54, 1.807) is 6.07 Å². The summed E-state index contributed by atoms with van der Waals surface area (Å²) in [4.78, 5) is 14.2. The standard InChI is InChI=1S/C20H24F3N3.C10H15BO2.C10H11BrF3N3/c1-2-3-7-14-8-6-9-15(12-14)17-13-24-19(20(21,22)23)26-18(17)25-16-10-4-5-11-16;1-2-3-5-9-6-4-7-10(8-9)11(12)13;11-7-5-15-9(10(12,13)14)17-8(7)16-6-3-1-2-4-6/h6,8-9,12-13,16H,2-5,7,10-11H2,1H3,(H,24,25,26);4,6-8,12-13H,2-3,5H2,1H3;5-6H,1-4H2,(H,15,16,17). The van der Waals surface area contributed by atoms with Crippen molar-refractivity contribution in [1.82, 2.24) is 19.9 Å². The van der Waals surface area contributed by atoms with Crippen LogP contribution >= 0.6 is 15.9 Å². The molecule has 2 aromatic heterocycles. The monoisotopic (exact) mass is 850 g/mol. The molecule has 0 radical (unpaired) electrons. The number of rotatable bonds is 12. The van der Waals surface area contributed by atoms with E-state index in [-0.39, 0.29) is 23.7 Å². The van der Waals surface area contributed by atoms with Crippen molar-refractivity contribution in [3.8, 4) is 11.1 Å². The van der Waals surface area contributed by atoms with Gasteiger partial charge in [-0.1, -0.05) is 101 Å². The number of unbranched alkanes of at least 4 members (excludes halogenated alkanes) is 2. The molecule has 0 amide bonds. The van der Waals surface area contributed by atoms with E-state index in [4.69, 9.17) is 10.0 Å². The van der Waals surface area contributed by atoms with Gasteiger partial charge in [0.05, 0.1) is 4.47 Å². The molecule has 16 heteroatoms. The predicted octanol–water partition coefficient (Wildman–Crippen LogP) is 10.2. The maximum atomic E-state index is 13.1. The number of benzene rings is 2. The van der Waals surface area contributed by atoms with Gasteiger partial charge in [0, 0.05) is 30.0 Å². The molecule has 2 aromatic carbocycles. The number of halogens is 7. The molecule has 2 fully saturated rings. The van der Waals surface area contributed by atoms with E-state index in [9.17, 15) is 26.3 Å². The zero-order valence-corrected chi connectivity index (χ0v) is 33.3. The highest BCUT2D eigenvalue weighted by atomic mass is 79.9. The Bertz CT molecular complexity index is 1800. The SMILES string of the molecule is CCCCc1cccc(-c2cnc(C(F)(F)F)nc2NC2CCCC2)c1.CCCCc1cccc(B(O)O)c1.FC(F)(F)c1ncc(Br)c(NC2CCCC2)n1. The average Bonchev–Trinajstić information content (AvgIpc) is 3.89. The van der Waals surface area contributed by atoms with Gasteiger partial charge in [0.15, 0.2) is 0 Å². The van der Waals surface area contributed by atoms with Gasteiger partial charge in [-0.3, -0.25) is 0 Å². The lowest BCUT2D eigenvalue weighted by Crippen LogP contribution is -2.29. The minimum absolute atomic E-state index is 0.174. The number of nitrogens with one attached hydrogen (secondary N) is 2. The number of hydrogen-bond acceptors (Lipinski definition) is 8. The maximum absolute atomic E-state index is 13.1. The van der Waals surface area contributed by atoms with Crippen LogP contribution in [0.2, 0.25) is 0 Å². The molecule has 0 aliphatic heterocycles. The van der Waals surface area contributed by atoms with E-state index in [1.807, 2.05) is 42.5 Å². The largest absolute Gasteiger partial charge is 0.488 e. The lowest BCUT2D eigenvalue weighted by atomic mass is 9.79. The van der Waals surface area contributed by atoms with Gasteiger partial charge in [0.1, 0.15) is 11.6 Å². The van der Waals surface area contributed by atoms with E-state index in [0.29, 0.717) is 15.5 Å². The summed E-state index contributed by atoms with van der Waals surface area (Å²) in [6.45, 7) is 4.28. The molecule has 0 saturated heterocycles. The van der Waals surface area contributed by atoms with E-state index in [0.717, 1.165) is 102 Å². The van der Waals surface area contributed by atoms with Crippen molar-refractivity contribution in [1.29, 1.82) is 0 Å². The normalized spacial score (nSPS) is 14.8. The third kappa shape index (κ3) is 14.3. The van der Waals surface area contributed by atoms with Crippen LogP contribution in [0.3, 0.4) is 0 Å². The molecule has 0 unspecified atom stereocenters. The topological polar surface area (TPSA) is 116 Å². The summed E-state index contributed by atoms with van der Waals surface area (Å²) < 4.78 is 77.0. The Morgan fingerprint density at radius 1 is 0.696 bits per heavy atom. The number of nitrogens with zero attached hydrogens (tertiary/aromatic N) is 4. The third-order valence-electron chi connectivity index (χ3n) is 9.56. The average molecular weight is 852 g/mol. The highest BCUT2D eigenvalue weighted by molar-refractivity contribution is 9.10. The second-order valence-electron chi connectivity index (χ2n) is 14.1. The lowest BCUT2D eigenvalue weighted by Gasteiger charge is -2.18. The zero-order valence-electron chi connectivity index (χ0n) is 31.7. The first-order valence-electron chi connectivity index (χ1n) is 19.3. The van der Waals surface area contributed by atoms with Gasteiger partial charge in [-0.25, -0.2) is 19.9 Å². The molecular weight excluding hydrogens is 801 g/mol. The third-order valence-corrected chi connectivity index (χ3v) is 10.1. The summed E-state index contributed by atoms with van der Waals surface area (Å²) in [5, 5.41) is 24.1. The number of aromatic nitrogens is 4. The highest BCUT2D eigenvalue weighted by Crippen LogP contribution is 2.34. The Labute approximate surface area is 333 Å². The molecule has 2 aliphatic carbocycles. The summed E-state index contributed by atoms with van der Waals surface area (Å²) in [5.74, 6) is -1.70. The molecule has 4 aromatic rings. The summed E-state index contributed by atoms with van der Waals surface area (Å²) in [7, 11) is -1.35. The minimum atomic E-state index is -4.55.